The zero-order valence-electron chi connectivity index (χ0n) is 4.90. The molecular weight excluding hydrogens is 118 g/mol. The molecule has 0 N–H and O–H groups in total. The highest BCUT2D eigenvalue weighted by molar-refractivity contribution is 5.45. The molecule has 46 valence electrons. The van der Waals surface area contributed by atoms with E-state index in [1.165, 1.54) is 12.3 Å². The van der Waals surface area contributed by atoms with Gasteiger partial charge in [-0.2, -0.15) is 10.1 Å². The van der Waals surface area contributed by atoms with Crippen LogP contribution in [0.2, 0.25) is 0 Å². The Morgan fingerprint density at radius 2 is 2.67 bits per heavy atom. The zero-order valence-corrected chi connectivity index (χ0v) is 4.90. The Bertz CT molecular complexity index is 246. The molecule has 0 saturated heterocycles. The lowest BCUT2D eigenvalue weighted by Crippen LogP contribution is -1.83. The maximum Gasteiger partial charge on any atom is 0.240 e. The van der Waals surface area contributed by atoms with Crippen LogP contribution in [0.15, 0.2) is 17.4 Å². The van der Waals surface area contributed by atoms with E-state index < -0.39 is 0 Å². The second kappa shape index (κ2) is 2.24. The molecule has 0 aliphatic heterocycles. The summed E-state index contributed by atoms with van der Waals surface area (Å²) in [6, 6.07) is 0. The van der Waals surface area contributed by atoms with Gasteiger partial charge in [0.25, 0.3) is 0 Å². The first-order valence-corrected chi connectivity index (χ1v) is 2.39. The lowest BCUT2D eigenvalue weighted by atomic mass is 10.6. The van der Waals surface area contributed by atoms with E-state index in [2.05, 4.69) is 10.1 Å². The molecule has 1 aromatic rings. The normalized spacial score (nSPS) is 8.56. The van der Waals surface area contributed by atoms with Gasteiger partial charge in [-0.3, -0.25) is 4.68 Å². The molecule has 0 aliphatic carbocycles. The smallest absolute Gasteiger partial charge is 0.240 e. The summed E-state index contributed by atoms with van der Waals surface area (Å²) >= 11 is 0. The van der Waals surface area contributed by atoms with Crippen molar-refractivity contribution in [3.05, 3.63) is 12.4 Å². The fourth-order valence-electron chi connectivity index (χ4n) is 0.519. The van der Waals surface area contributed by atoms with Crippen molar-refractivity contribution in [2.24, 2.45) is 12.0 Å². The van der Waals surface area contributed by atoms with Crippen molar-refractivity contribution in [2.45, 2.75) is 0 Å². The summed E-state index contributed by atoms with van der Waals surface area (Å²) < 4.78 is 1.57. The van der Waals surface area contributed by atoms with E-state index >= 15 is 0 Å². The van der Waals surface area contributed by atoms with E-state index in [9.17, 15) is 4.79 Å². The molecular formula is C5H5N3O. The van der Waals surface area contributed by atoms with Crippen LogP contribution in [0.25, 0.3) is 0 Å². The molecule has 4 nitrogen and oxygen atoms in total. The second-order valence-electron chi connectivity index (χ2n) is 1.58. The molecule has 0 amide bonds. The van der Waals surface area contributed by atoms with Crippen molar-refractivity contribution in [2.75, 3.05) is 0 Å². The summed E-state index contributed by atoms with van der Waals surface area (Å²) in [5, 5.41) is 3.78. The van der Waals surface area contributed by atoms with Gasteiger partial charge in [-0.25, -0.2) is 4.79 Å². The van der Waals surface area contributed by atoms with Gasteiger partial charge >= 0.3 is 0 Å². The van der Waals surface area contributed by atoms with Crippen molar-refractivity contribution >= 4 is 11.8 Å². The zero-order chi connectivity index (χ0) is 6.69. The summed E-state index contributed by atoms with van der Waals surface area (Å²) in [7, 11) is 1.75. The first-order chi connectivity index (χ1) is 4.33. The monoisotopic (exact) mass is 123 g/mol. The molecule has 0 atom stereocenters. The number of rotatable bonds is 1. The van der Waals surface area contributed by atoms with Crippen LogP contribution in [-0.2, 0) is 11.8 Å². The van der Waals surface area contributed by atoms with Gasteiger partial charge in [0.2, 0.25) is 6.08 Å². The quantitative estimate of drug-likeness (QED) is 0.400. The Morgan fingerprint density at radius 3 is 3.11 bits per heavy atom. The number of isocyanates is 1. The third kappa shape index (κ3) is 1.24. The number of aromatic nitrogens is 2. The molecule has 1 heterocycles. The Labute approximate surface area is 51.8 Å². The molecule has 0 unspecified atom stereocenters. The molecule has 0 aromatic carbocycles. The number of aliphatic imine (C=N–C) groups is 1. The van der Waals surface area contributed by atoms with E-state index in [-0.39, 0.29) is 0 Å². The summed E-state index contributed by atoms with van der Waals surface area (Å²) in [6.45, 7) is 0. The average Bonchev–Trinajstić information content (AvgIpc) is 2.17. The van der Waals surface area contributed by atoms with E-state index in [4.69, 9.17) is 0 Å². The van der Waals surface area contributed by atoms with Gasteiger partial charge < -0.3 is 0 Å². The van der Waals surface area contributed by atoms with Crippen molar-refractivity contribution < 1.29 is 4.79 Å². The van der Waals surface area contributed by atoms with Crippen LogP contribution in [0.3, 0.4) is 0 Å². The number of hydrogen-bond donors (Lipinski definition) is 0. The van der Waals surface area contributed by atoms with E-state index in [1.807, 2.05) is 0 Å². The summed E-state index contributed by atoms with van der Waals surface area (Å²) in [5.41, 5.74) is 0.535. The number of aryl methyl sites for hydroxylation is 1. The lowest BCUT2D eigenvalue weighted by Gasteiger charge is -1.78. The summed E-state index contributed by atoms with van der Waals surface area (Å²) in [6.07, 6.45) is 4.54. The minimum atomic E-state index is 0.535. The maximum absolute atomic E-state index is 9.65. The van der Waals surface area contributed by atoms with Crippen molar-refractivity contribution in [1.29, 1.82) is 0 Å². The van der Waals surface area contributed by atoms with Crippen LogP contribution in [0.1, 0.15) is 0 Å². The second-order valence-corrected chi connectivity index (χ2v) is 1.58. The number of carbonyl (C=O) groups excluding carboxylic acids is 1. The van der Waals surface area contributed by atoms with Gasteiger partial charge in [0.1, 0.15) is 5.69 Å². The van der Waals surface area contributed by atoms with Crippen molar-refractivity contribution in [3.63, 3.8) is 0 Å². The SMILES string of the molecule is Cn1cc(N=C=O)cn1. The fourth-order valence-corrected chi connectivity index (χ4v) is 0.519. The van der Waals surface area contributed by atoms with Gasteiger partial charge in [0.15, 0.2) is 0 Å². The molecule has 0 spiro atoms. The van der Waals surface area contributed by atoms with Crippen molar-refractivity contribution in [3.8, 4) is 0 Å². The molecule has 0 radical (unpaired) electrons. The van der Waals surface area contributed by atoms with Crippen LogP contribution in [0.4, 0.5) is 5.69 Å². The topological polar surface area (TPSA) is 47.2 Å². The number of hydrogen-bond acceptors (Lipinski definition) is 3. The highest BCUT2D eigenvalue weighted by Gasteiger charge is 1.88. The Kier molecular flexibility index (Phi) is 1.42. The highest BCUT2D eigenvalue weighted by atomic mass is 16.1. The predicted molar refractivity (Wildman–Crippen MR) is 31.0 cm³/mol. The van der Waals surface area contributed by atoms with Gasteiger partial charge in [-0.1, -0.05) is 0 Å². The molecule has 0 bridgehead atoms. The summed E-state index contributed by atoms with van der Waals surface area (Å²) in [4.78, 5) is 13.0. The maximum atomic E-state index is 9.65. The van der Waals surface area contributed by atoms with Crippen LogP contribution in [-0.4, -0.2) is 15.9 Å². The highest BCUT2D eigenvalue weighted by Crippen LogP contribution is 2.05. The van der Waals surface area contributed by atoms with Crippen LogP contribution in [0, 0.1) is 0 Å². The summed E-state index contributed by atoms with van der Waals surface area (Å²) in [5.74, 6) is 0. The molecule has 9 heavy (non-hydrogen) atoms. The van der Waals surface area contributed by atoms with Gasteiger partial charge in [-0.05, 0) is 0 Å². The number of nitrogens with zero attached hydrogens (tertiary/aromatic N) is 3. The molecule has 0 fully saturated rings. The molecule has 1 rings (SSSR count). The third-order valence-electron chi connectivity index (χ3n) is 0.866. The minimum Gasteiger partial charge on any atom is -0.274 e. The average molecular weight is 123 g/mol. The third-order valence-corrected chi connectivity index (χ3v) is 0.866. The Morgan fingerprint density at radius 1 is 1.89 bits per heavy atom. The van der Waals surface area contributed by atoms with E-state index in [1.54, 1.807) is 17.9 Å². The van der Waals surface area contributed by atoms with Gasteiger partial charge in [0, 0.05) is 7.05 Å². The lowest BCUT2D eigenvalue weighted by molar-refractivity contribution is 0.565. The molecule has 0 saturated carbocycles. The Hall–Kier alpha value is -1.41. The van der Waals surface area contributed by atoms with E-state index in [0.29, 0.717) is 5.69 Å². The Balaban J connectivity index is 2.97. The molecule has 0 aliphatic rings. The van der Waals surface area contributed by atoms with Crippen molar-refractivity contribution in [1.82, 2.24) is 9.78 Å². The predicted octanol–water partition coefficient (Wildman–Crippen LogP) is 0.387. The first-order valence-electron chi connectivity index (χ1n) is 2.39. The van der Waals surface area contributed by atoms with Crippen LogP contribution in [0.5, 0.6) is 0 Å². The van der Waals surface area contributed by atoms with E-state index in [0.717, 1.165) is 0 Å². The minimum absolute atomic E-state index is 0.535. The largest absolute Gasteiger partial charge is 0.274 e. The molecule has 4 heteroatoms. The fraction of sp³-hybridized carbons (Fsp3) is 0.200. The van der Waals surface area contributed by atoms with Gasteiger partial charge in [0.05, 0.1) is 12.4 Å². The van der Waals surface area contributed by atoms with Gasteiger partial charge in [-0.15, -0.1) is 0 Å². The standard InChI is InChI=1S/C5H5N3O/c1-8-3-5(2-7-8)6-4-9/h2-3H,1H3. The van der Waals surface area contributed by atoms with Crippen LogP contribution < -0.4 is 0 Å². The van der Waals surface area contributed by atoms with Crippen LogP contribution >= 0.6 is 0 Å². The molecule has 1 aromatic heterocycles. The first kappa shape index (κ1) is 5.72.